The number of nitrogens with zero attached hydrogens (tertiary/aromatic N) is 4. The molecule has 0 saturated heterocycles. The van der Waals surface area contributed by atoms with E-state index in [0.717, 1.165) is 22.3 Å². The number of phenols is 2. The molecule has 8 aromatic rings. The summed E-state index contributed by atoms with van der Waals surface area (Å²) in [6.45, 7) is 0. The van der Waals surface area contributed by atoms with Crippen molar-refractivity contribution in [1.29, 1.82) is 0 Å². The molecule has 0 saturated carbocycles. The Morgan fingerprint density at radius 3 is 1.34 bits per heavy atom. The molecule has 59 heavy (non-hydrogen) atoms. The third-order valence-electron chi connectivity index (χ3n) is 10.1. The van der Waals surface area contributed by atoms with E-state index in [1.807, 2.05) is 84.9 Å². The smallest absolute Gasteiger partial charge is 0.259 e. The Bertz CT molecular complexity index is 2890. The summed E-state index contributed by atoms with van der Waals surface area (Å²) >= 11 is 12.5. The average Bonchev–Trinajstić information content (AvgIpc) is 3.61. The van der Waals surface area contributed by atoms with Gasteiger partial charge in [0.15, 0.2) is 11.5 Å². The number of nitrogens with one attached hydrogen (secondary N) is 2. The topological polar surface area (TPSA) is 148 Å². The van der Waals surface area contributed by atoms with E-state index in [9.17, 15) is 19.8 Å². The van der Waals surface area contributed by atoms with Crippen molar-refractivity contribution in [2.45, 2.75) is 6.42 Å². The predicted octanol–water partition coefficient (Wildman–Crippen LogP) is 13.6. The van der Waals surface area contributed by atoms with Gasteiger partial charge in [-0.1, -0.05) is 108 Å². The number of anilines is 2. The lowest BCUT2D eigenvalue weighted by atomic mass is 10.0. The summed E-state index contributed by atoms with van der Waals surface area (Å²) in [7, 11) is 0. The van der Waals surface area contributed by atoms with Crippen LogP contribution in [0.1, 0.15) is 31.8 Å². The maximum Gasteiger partial charge on any atom is 0.259 e. The number of aromatic hydroxyl groups is 2. The van der Waals surface area contributed by atoms with Crippen molar-refractivity contribution >= 4 is 90.7 Å². The van der Waals surface area contributed by atoms with Crippen LogP contribution in [-0.4, -0.2) is 22.0 Å². The molecule has 0 fully saturated rings. The Kier molecular flexibility index (Phi) is 9.77. The standard InChI is InChI=1S/C47H30Cl2N6O4/c48-38-13-5-7-15-40(38)50-46(58)36-24-26-9-1-3-11-34(26)42(44(36)56)54-52-30-17-19-32-28(22-30)21-29-23-31(18-20-33(29)32)53-55-43-35-12-4-2-10-27(35)25-37(45(43)57)47(59)51-41-16-8-6-14-39(41)49/h1-20,22-25,56-57H,21H2,(H,50,58)(H,51,59). The summed E-state index contributed by atoms with van der Waals surface area (Å²) in [6, 6.07) is 43.1. The quantitative estimate of drug-likeness (QED) is 0.113. The second-order valence-corrected chi connectivity index (χ2v) is 14.6. The Hall–Kier alpha value is -7.40. The van der Waals surface area contributed by atoms with Crippen LogP contribution in [0.5, 0.6) is 11.5 Å². The van der Waals surface area contributed by atoms with Gasteiger partial charge in [0.05, 0.1) is 43.9 Å². The number of hydrogen-bond acceptors (Lipinski definition) is 8. The summed E-state index contributed by atoms with van der Waals surface area (Å²) in [5.74, 6) is -1.69. The minimum atomic E-state index is -0.539. The number of para-hydroxylation sites is 2. The molecule has 0 heterocycles. The summed E-state index contributed by atoms with van der Waals surface area (Å²) in [5.41, 5.74) is 6.46. The summed E-state index contributed by atoms with van der Waals surface area (Å²) in [5, 5.41) is 49.6. The number of azo groups is 2. The molecule has 286 valence electrons. The number of hydrogen-bond donors (Lipinski definition) is 4. The van der Waals surface area contributed by atoms with Crippen molar-refractivity contribution in [3.8, 4) is 22.6 Å². The maximum absolute atomic E-state index is 13.4. The largest absolute Gasteiger partial charge is 0.505 e. The molecule has 0 aromatic heterocycles. The minimum Gasteiger partial charge on any atom is -0.505 e. The molecule has 12 heteroatoms. The molecule has 9 rings (SSSR count). The van der Waals surface area contributed by atoms with Crippen LogP contribution >= 0.6 is 23.2 Å². The molecular formula is C47H30Cl2N6O4. The van der Waals surface area contributed by atoms with E-state index in [1.54, 1.807) is 60.7 Å². The van der Waals surface area contributed by atoms with E-state index in [0.29, 0.717) is 60.8 Å². The Morgan fingerprint density at radius 2 is 0.898 bits per heavy atom. The van der Waals surface area contributed by atoms with Crippen molar-refractivity contribution in [2.75, 3.05) is 10.6 Å². The number of benzene rings is 8. The molecule has 0 radical (unpaired) electrons. The van der Waals surface area contributed by atoms with Gasteiger partial charge in [0.25, 0.3) is 11.8 Å². The first kappa shape index (κ1) is 37.2. The van der Waals surface area contributed by atoms with Gasteiger partial charge in [0, 0.05) is 10.8 Å². The van der Waals surface area contributed by atoms with Crippen LogP contribution in [0.4, 0.5) is 34.1 Å². The molecule has 0 bridgehead atoms. The van der Waals surface area contributed by atoms with Gasteiger partial charge in [0.1, 0.15) is 11.4 Å². The molecule has 1 aliphatic carbocycles. The van der Waals surface area contributed by atoms with E-state index >= 15 is 0 Å². The zero-order chi connectivity index (χ0) is 40.6. The summed E-state index contributed by atoms with van der Waals surface area (Å²) in [6.07, 6.45) is 0.592. The monoisotopic (exact) mass is 812 g/mol. The Labute approximate surface area is 347 Å². The van der Waals surface area contributed by atoms with E-state index < -0.39 is 11.8 Å². The second kappa shape index (κ2) is 15.5. The lowest BCUT2D eigenvalue weighted by molar-refractivity contribution is 0.101. The summed E-state index contributed by atoms with van der Waals surface area (Å²) in [4.78, 5) is 26.7. The number of phenolic OH excluding ortho intramolecular Hbond substituents is 2. The van der Waals surface area contributed by atoms with E-state index in [-0.39, 0.29) is 34.0 Å². The van der Waals surface area contributed by atoms with Crippen LogP contribution in [0.2, 0.25) is 10.0 Å². The first-order valence-corrected chi connectivity index (χ1v) is 19.2. The van der Waals surface area contributed by atoms with Gasteiger partial charge in [0.2, 0.25) is 0 Å². The van der Waals surface area contributed by atoms with E-state index in [4.69, 9.17) is 23.2 Å². The van der Waals surface area contributed by atoms with Gasteiger partial charge in [-0.3, -0.25) is 9.59 Å². The summed E-state index contributed by atoms with van der Waals surface area (Å²) < 4.78 is 0. The van der Waals surface area contributed by atoms with Crippen molar-refractivity contribution < 1.29 is 19.8 Å². The zero-order valence-corrected chi connectivity index (χ0v) is 32.3. The molecule has 4 N–H and O–H groups in total. The number of carbonyl (C=O) groups is 2. The number of fused-ring (bicyclic) bond motifs is 5. The Morgan fingerprint density at radius 1 is 0.492 bits per heavy atom. The molecule has 8 aromatic carbocycles. The van der Waals surface area contributed by atoms with Gasteiger partial charge in [-0.15, -0.1) is 10.2 Å². The number of halogens is 2. The van der Waals surface area contributed by atoms with Crippen molar-refractivity contribution in [1.82, 2.24) is 0 Å². The predicted molar refractivity (Wildman–Crippen MR) is 233 cm³/mol. The highest BCUT2D eigenvalue weighted by Gasteiger charge is 2.23. The number of rotatable bonds is 8. The fraction of sp³-hybridized carbons (Fsp3) is 0.0213. The average molecular weight is 814 g/mol. The number of carbonyl (C=O) groups excluding carboxylic acids is 2. The first-order valence-electron chi connectivity index (χ1n) is 18.4. The van der Waals surface area contributed by atoms with E-state index in [1.165, 1.54) is 0 Å². The van der Waals surface area contributed by atoms with Crippen molar-refractivity contribution in [2.24, 2.45) is 20.5 Å². The molecular weight excluding hydrogens is 783 g/mol. The minimum absolute atomic E-state index is 0.0324. The van der Waals surface area contributed by atoms with Crippen molar-refractivity contribution in [3.05, 3.63) is 178 Å². The van der Waals surface area contributed by atoms with Crippen molar-refractivity contribution in [3.63, 3.8) is 0 Å². The van der Waals surface area contributed by atoms with Crippen LogP contribution in [0, 0.1) is 0 Å². The molecule has 10 nitrogen and oxygen atoms in total. The van der Waals surface area contributed by atoms with Crippen LogP contribution in [-0.2, 0) is 6.42 Å². The van der Waals surface area contributed by atoms with E-state index in [2.05, 4.69) is 31.1 Å². The third kappa shape index (κ3) is 7.23. The van der Waals surface area contributed by atoms with Crippen LogP contribution in [0.3, 0.4) is 0 Å². The third-order valence-corrected chi connectivity index (χ3v) is 10.8. The maximum atomic E-state index is 13.4. The highest BCUT2D eigenvalue weighted by atomic mass is 35.5. The molecule has 0 aliphatic heterocycles. The normalized spacial score (nSPS) is 12.0. The highest BCUT2D eigenvalue weighted by Crippen LogP contribution is 2.44. The molecule has 0 atom stereocenters. The van der Waals surface area contributed by atoms with Gasteiger partial charge in [-0.2, -0.15) is 10.2 Å². The lowest BCUT2D eigenvalue weighted by Crippen LogP contribution is -2.12. The fourth-order valence-electron chi connectivity index (χ4n) is 7.21. The fourth-order valence-corrected chi connectivity index (χ4v) is 7.58. The first-order chi connectivity index (χ1) is 28.7. The molecule has 1 aliphatic rings. The molecule has 2 amide bonds. The Balaban J connectivity index is 0.976. The number of amides is 2. The second-order valence-electron chi connectivity index (χ2n) is 13.8. The van der Waals surface area contributed by atoms with Gasteiger partial charge < -0.3 is 20.8 Å². The molecule has 0 unspecified atom stereocenters. The van der Waals surface area contributed by atoms with Crippen LogP contribution in [0.25, 0.3) is 32.7 Å². The van der Waals surface area contributed by atoms with Crippen LogP contribution < -0.4 is 10.6 Å². The van der Waals surface area contributed by atoms with Gasteiger partial charge >= 0.3 is 0 Å². The molecule has 0 spiro atoms. The SMILES string of the molecule is O=C(Nc1ccccc1Cl)c1cc2ccccc2c(N=Nc2ccc3c(c2)Cc2cc(N=Nc4c(O)c(C(=O)Nc5ccccc5Cl)cc5ccccc45)ccc2-3)c1O. The van der Waals surface area contributed by atoms with Crippen LogP contribution in [0.15, 0.2) is 166 Å². The highest BCUT2D eigenvalue weighted by molar-refractivity contribution is 6.34. The zero-order valence-electron chi connectivity index (χ0n) is 30.8. The van der Waals surface area contributed by atoms with Gasteiger partial charge in [-0.25, -0.2) is 0 Å². The van der Waals surface area contributed by atoms with Gasteiger partial charge in [-0.05, 0) is 100 Å². The lowest BCUT2D eigenvalue weighted by Gasteiger charge is -2.12.